The zero-order valence-corrected chi connectivity index (χ0v) is 10.2. The molecule has 1 N–H and O–H groups in total. The van der Waals surface area contributed by atoms with Crippen LogP contribution in [0.3, 0.4) is 0 Å². The van der Waals surface area contributed by atoms with Crippen molar-refractivity contribution in [2.24, 2.45) is 11.8 Å². The smallest absolute Gasteiger partial charge is 0.123 e. The molecule has 0 saturated carbocycles. The Balaban J connectivity index is 1.70. The summed E-state index contributed by atoms with van der Waals surface area (Å²) in [6.07, 6.45) is 0. The number of nitrogens with one attached hydrogen (secondary N) is 1. The zero-order chi connectivity index (χ0) is 11.8. The van der Waals surface area contributed by atoms with E-state index >= 15 is 0 Å². The second-order valence-electron chi connectivity index (χ2n) is 5.38. The van der Waals surface area contributed by atoms with Crippen LogP contribution in [0.25, 0.3) is 0 Å². The lowest BCUT2D eigenvalue weighted by Crippen LogP contribution is -2.32. The normalized spacial score (nSPS) is 32.9. The molecule has 2 heterocycles. The van der Waals surface area contributed by atoms with Crippen molar-refractivity contribution < 1.29 is 4.39 Å². The first-order chi connectivity index (χ1) is 8.24. The predicted octanol–water partition coefficient (Wildman–Crippen LogP) is 1.87. The van der Waals surface area contributed by atoms with Crippen LogP contribution in [0.5, 0.6) is 0 Å². The lowest BCUT2D eigenvalue weighted by Gasteiger charge is -2.24. The third-order valence-corrected chi connectivity index (χ3v) is 4.33. The molecule has 0 aromatic heterocycles. The second kappa shape index (κ2) is 4.39. The Kier molecular flexibility index (Phi) is 2.89. The summed E-state index contributed by atoms with van der Waals surface area (Å²) in [5.41, 5.74) is 1.09. The molecule has 2 nitrogen and oxygen atoms in total. The molecule has 3 rings (SSSR count). The first-order valence-corrected chi connectivity index (χ1v) is 6.43. The molecule has 0 aliphatic carbocycles. The van der Waals surface area contributed by atoms with E-state index in [1.807, 2.05) is 6.07 Å². The van der Waals surface area contributed by atoms with Crippen LogP contribution in [-0.4, -0.2) is 30.6 Å². The minimum absolute atomic E-state index is 0.129. The fourth-order valence-corrected chi connectivity index (χ4v) is 3.33. The SMILES string of the molecule is CC1C2CNCC2CN1Cc1cccc(F)c1. The van der Waals surface area contributed by atoms with Crippen molar-refractivity contribution in [1.29, 1.82) is 0 Å². The average Bonchev–Trinajstić information content (AvgIpc) is 2.84. The van der Waals surface area contributed by atoms with Gasteiger partial charge in [-0.05, 0) is 49.5 Å². The maximum absolute atomic E-state index is 13.1. The highest BCUT2D eigenvalue weighted by Crippen LogP contribution is 2.33. The lowest BCUT2D eigenvalue weighted by molar-refractivity contribution is 0.231. The molecule has 0 bridgehead atoms. The van der Waals surface area contributed by atoms with Gasteiger partial charge in [0, 0.05) is 19.1 Å². The maximum atomic E-state index is 13.1. The van der Waals surface area contributed by atoms with E-state index in [-0.39, 0.29) is 5.82 Å². The van der Waals surface area contributed by atoms with Crippen molar-refractivity contribution in [3.05, 3.63) is 35.6 Å². The molecule has 2 saturated heterocycles. The van der Waals surface area contributed by atoms with Crippen molar-refractivity contribution in [3.63, 3.8) is 0 Å². The minimum atomic E-state index is -0.129. The molecule has 2 aliphatic heterocycles. The summed E-state index contributed by atoms with van der Waals surface area (Å²) in [6, 6.07) is 7.59. The highest BCUT2D eigenvalue weighted by molar-refractivity contribution is 5.17. The summed E-state index contributed by atoms with van der Waals surface area (Å²) in [5, 5.41) is 3.46. The van der Waals surface area contributed by atoms with Gasteiger partial charge < -0.3 is 5.32 Å². The Labute approximate surface area is 102 Å². The number of rotatable bonds is 2. The zero-order valence-electron chi connectivity index (χ0n) is 10.2. The fourth-order valence-electron chi connectivity index (χ4n) is 3.33. The number of hydrogen-bond donors (Lipinski definition) is 1. The van der Waals surface area contributed by atoms with Crippen molar-refractivity contribution in [1.82, 2.24) is 10.2 Å². The van der Waals surface area contributed by atoms with Crippen LogP contribution in [-0.2, 0) is 6.54 Å². The van der Waals surface area contributed by atoms with Gasteiger partial charge in [0.05, 0.1) is 0 Å². The van der Waals surface area contributed by atoms with Gasteiger partial charge in [0.25, 0.3) is 0 Å². The van der Waals surface area contributed by atoms with Gasteiger partial charge in [0.15, 0.2) is 0 Å². The van der Waals surface area contributed by atoms with E-state index in [9.17, 15) is 4.39 Å². The number of nitrogens with zero attached hydrogens (tertiary/aromatic N) is 1. The van der Waals surface area contributed by atoms with Gasteiger partial charge in [-0.15, -0.1) is 0 Å². The third kappa shape index (κ3) is 2.09. The molecule has 17 heavy (non-hydrogen) atoms. The maximum Gasteiger partial charge on any atom is 0.123 e. The molecular weight excluding hydrogens is 215 g/mol. The first kappa shape index (κ1) is 11.2. The van der Waals surface area contributed by atoms with E-state index < -0.39 is 0 Å². The Bertz CT molecular complexity index is 407. The van der Waals surface area contributed by atoms with Gasteiger partial charge in [-0.25, -0.2) is 4.39 Å². The van der Waals surface area contributed by atoms with Crippen molar-refractivity contribution in [2.75, 3.05) is 19.6 Å². The van der Waals surface area contributed by atoms with Crippen LogP contribution in [0.15, 0.2) is 24.3 Å². The molecule has 1 aromatic carbocycles. The Morgan fingerprint density at radius 2 is 2.29 bits per heavy atom. The summed E-state index contributed by atoms with van der Waals surface area (Å²) < 4.78 is 13.1. The summed E-state index contributed by atoms with van der Waals surface area (Å²) in [7, 11) is 0. The predicted molar refractivity (Wildman–Crippen MR) is 66.1 cm³/mol. The van der Waals surface area contributed by atoms with Gasteiger partial charge in [-0.1, -0.05) is 12.1 Å². The molecule has 0 spiro atoms. The van der Waals surface area contributed by atoms with Crippen molar-refractivity contribution in [2.45, 2.75) is 19.5 Å². The van der Waals surface area contributed by atoms with Crippen LogP contribution in [0.2, 0.25) is 0 Å². The molecule has 2 aliphatic rings. The topological polar surface area (TPSA) is 15.3 Å². The van der Waals surface area contributed by atoms with Crippen LogP contribution in [0, 0.1) is 17.7 Å². The van der Waals surface area contributed by atoms with E-state index in [0.29, 0.717) is 6.04 Å². The van der Waals surface area contributed by atoms with Gasteiger partial charge in [-0.3, -0.25) is 4.90 Å². The first-order valence-electron chi connectivity index (χ1n) is 6.43. The standard InChI is InChI=1S/C14H19FN2/c1-10-14-7-16-6-12(14)9-17(10)8-11-3-2-4-13(15)5-11/h2-5,10,12,14,16H,6-9H2,1H3. The summed E-state index contributed by atoms with van der Waals surface area (Å²) in [4.78, 5) is 2.49. The highest BCUT2D eigenvalue weighted by Gasteiger charge is 2.41. The molecule has 0 radical (unpaired) electrons. The highest BCUT2D eigenvalue weighted by atomic mass is 19.1. The fraction of sp³-hybridized carbons (Fsp3) is 0.571. The van der Waals surface area contributed by atoms with E-state index in [1.54, 1.807) is 12.1 Å². The molecule has 92 valence electrons. The molecule has 0 amide bonds. The monoisotopic (exact) mass is 234 g/mol. The largest absolute Gasteiger partial charge is 0.316 e. The molecule has 3 atom stereocenters. The molecule has 3 unspecified atom stereocenters. The summed E-state index contributed by atoms with van der Waals surface area (Å²) >= 11 is 0. The van der Waals surface area contributed by atoms with Gasteiger partial charge in [0.2, 0.25) is 0 Å². The van der Waals surface area contributed by atoms with E-state index in [1.165, 1.54) is 6.07 Å². The van der Waals surface area contributed by atoms with Crippen LogP contribution < -0.4 is 5.32 Å². The third-order valence-electron chi connectivity index (χ3n) is 4.33. The number of hydrogen-bond acceptors (Lipinski definition) is 2. The number of halogens is 1. The van der Waals surface area contributed by atoms with Gasteiger partial charge in [-0.2, -0.15) is 0 Å². The molecule has 2 fully saturated rings. The molecule has 1 aromatic rings. The van der Waals surface area contributed by atoms with E-state index in [4.69, 9.17) is 0 Å². The van der Waals surface area contributed by atoms with Crippen LogP contribution in [0.4, 0.5) is 4.39 Å². The van der Waals surface area contributed by atoms with E-state index in [0.717, 1.165) is 43.6 Å². The second-order valence-corrected chi connectivity index (χ2v) is 5.38. The van der Waals surface area contributed by atoms with Crippen LogP contribution in [0.1, 0.15) is 12.5 Å². The van der Waals surface area contributed by atoms with Crippen LogP contribution >= 0.6 is 0 Å². The summed E-state index contributed by atoms with van der Waals surface area (Å²) in [5.74, 6) is 1.44. The van der Waals surface area contributed by atoms with Gasteiger partial charge in [0.1, 0.15) is 5.82 Å². The number of fused-ring (bicyclic) bond motifs is 1. The van der Waals surface area contributed by atoms with Crippen molar-refractivity contribution >= 4 is 0 Å². The Morgan fingerprint density at radius 1 is 1.41 bits per heavy atom. The average molecular weight is 234 g/mol. The minimum Gasteiger partial charge on any atom is -0.316 e. The lowest BCUT2D eigenvalue weighted by atomic mass is 9.95. The van der Waals surface area contributed by atoms with Gasteiger partial charge >= 0.3 is 0 Å². The quantitative estimate of drug-likeness (QED) is 0.840. The Hall–Kier alpha value is -0.930. The summed E-state index contributed by atoms with van der Waals surface area (Å²) in [6.45, 7) is 6.62. The molecule has 3 heteroatoms. The molecular formula is C14H19FN2. The Morgan fingerprint density at radius 3 is 3.06 bits per heavy atom. The number of likely N-dealkylation sites (tertiary alicyclic amines) is 1. The van der Waals surface area contributed by atoms with Crippen molar-refractivity contribution in [3.8, 4) is 0 Å². The number of benzene rings is 1. The van der Waals surface area contributed by atoms with E-state index in [2.05, 4.69) is 17.1 Å².